The average molecular weight is 1250 g/mol. The highest BCUT2D eigenvalue weighted by atomic mass is 16.4. The van der Waals surface area contributed by atoms with Gasteiger partial charge in [0.2, 0.25) is 47.3 Å². The first-order valence-corrected chi connectivity index (χ1v) is 31.2. The molecule has 8 amide bonds. The fraction of sp³-hybridized carbons (Fsp3) is 0.607. The van der Waals surface area contributed by atoms with E-state index in [4.69, 9.17) is 28.7 Å². The number of nitrogens with zero attached hydrogens (tertiary/aromatic N) is 6. The van der Waals surface area contributed by atoms with Crippen molar-refractivity contribution in [3.8, 4) is 0 Å². The molecule has 4 heterocycles. The fourth-order valence-corrected chi connectivity index (χ4v) is 14.1. The van der Waals surface area contributed by atoms with Crippen molar-refractivity contribution >= 4 is 71.1 Å². The minimum atomic E-state index is -1.64. The number of carboxylic acids is 2. The number of nitrogens with one attached hydrogen (secondary N) is 4. The van der Waals surface area contributed by atoms with Crippen LogP contribution in [0.25, 0.3) is 0 Å². The Kier molecular flexibility index (Phi) is 23.1. The van der Waals surface area contributed by atoms with Crippen LogP contribution in [-0.2, 0) is 73.9 Å². The number of aliphatic carboxylic acids is 2. The second-order valence-electron chi connectivity index (χ2n) is 24.5. The van der Waals surface area contributed by atoms with Crippen molar-refractivity contribution in [1.82, 2.24) is 40.9 Å². The minimum absolute atomic E-state index is 0.00426. The average Bonchev–Trinajstić information content (AvgIpc) is 1.51. The molecule has 8 rings (SSSR count). The summed E-state index contributed by atoms with van der Waals surface area (Å²) in [5.74, 6) is -8.83. The first-order valence-electron chi connectivity index (χ1n) is 31.2. The van der Waals surface area contributed by atoms with Gasteiger partial charge < -0.3 is 90.0 Å². The summed E-state index contributed by atoms with van der Waals surface area (Å²) in [5, 5.41) is 51.9. The Hall–Kier alpha value is -8.44. The van der Waals surface area contributed by atoms with Crippen molar-refractivity contribution in [2.75, 3.05) is 26.3 Å². The van der Waals surface area contributed by atoms with Crippen molar-refractivity contribution in [2.45, 2.75) is 195 Å². The Bertz CT molecular complexity index is 3050. The van der Waals surface area contributed by atoms with Gasteiger partial charge in [-0.1, -0.05) is 74.2 Å². The molecule has 490 valence electrons. The largest absolute Gasteiger partial charge is 0.480 e. The summed E-state index contributed by atoms with van der Waals surface area (Å²) in [6, 6.07) is 1.68. The number of hydrogen-bond donors (Lipinski definition) is 13. The number of rotatable bonds is 26. The number of likely N-dealkylation sites (tertiary alicyclic amines) is 2. The van der Waals surface area contributed by atoms with Gasteiger partial charge in [0.15, 0.2) is 11.9 Å². The zero-order valence-electron chi connectivity index (χ0n) is 50.5. The van der Waals surface area contributed by atoms with E-state index in [1.54, 1.807) is 36.4 Å². The first-order chi connectivity index (χ1) is 43.1. The Morgan fingerprint density at radius 2 is 0.922 bits per heavy atom. The van der Waals surface area contributed by atoms with Crippen molar-refractivity contribution in [1.29, 1.82) is 0 Å². The van der Waals surface area contributed by atoms with Gasteiger partial charge in [-0.2, -0.15) is 0 Å². The molecule has 0 spiro atoms. The zero-order valence-corrected chi connectivity index (χ0v) is 50.5. The van der Waals surface area contributed by atoms with E-state index in [9.17, 15) is 58.8 Å². The molecule has 2 aromatic rings. The lowest BCUT2D eigenvalue weighted by atomic mass is 9.84. The number of guanidine groups is 2. The normalized spacial score (nSPS) is 24.2. The van der Waals surface area contributed by atoms with E-state index < -0.39 is 133 Å². The lowest BCUT2D eigenvalue weighted by Crippen LogP contribution is -2.62. The minimum Gasteiger partial charge on any atom is -0.480 e. The molecule has 29 heteroatoms. The number of hydrogen-bond acceptors (Lipinski definition) is 15. The number of fused-ring (bicyclic) bond motifs is 4. The summed E-state index contributed by atoms with van der Waals surface area (Å²) < 4.78 is 0. The van der Waals surface area contributed by atoms with Crippen LogP contribution in [0, 0.1) is 11.8 Å². The summed E-state index contributed by atoms with van der Waals surface area (Å²) in [6.45, 7) is -1.78. The highest BCUT2D eigenvalue weighted by Crippen LogP contribution is 2.43. The van der Waals surface area contributed by atoms with E-state index >= 15 is 9.59 Å². The number of carbonyl (C=O) groups is 10. The topological polar surface area (TPSA) is 468 Å². The van der Waals surface area contributed by atoms with Crippen molar-refractivity contribution in [3.63, 3.8) is 0 Å². The highest BCUT2D eigenvalue weighted by Gasteiger charge is 2.53. The number of nitrogens with two attached hydrogens (primary N) is 5. The summed E-state index contributed by atoms with van der Waals surface area (Å²) in [6.07, 6.45) is 6.15. The molecule has 0 bridgehead atoms. The number of carboxylic acid groups (broad SMARTS) is 2. The quantitative estimate of drug-likeness (QED) is 0.0263. The molecule has 0 aromatic heterocycles. The summed E-state index contributed by atoms with van der Waals surface area (Å²) >= 11 is 0. The van der Waals surface area contributed by atoms with E-state index in [2.05, 4.69) is 31.3 Å². The third-order valence-electron chi connectivity index (χ3n) is 18.7. The predicted molar refractivity (Wildman–Crippen MR) is 325 cm³/mol. The summed E-state index contributed by atoms with van der Waals surface area (Å²) in [7, 11) is 0. The molecule has 2 saturated carbocycles. The molecular formula is C61H87N15O14. The number of amides is 8. The molecule has 4 fully saturated rings. The number of aliphatic hydroxyl groups is 2. The molecular weight excluding hydrogens is 1170 g/mol. The molecule has 2 aromatic carbocycles. The van der Waals surface area contributed by atoms with Crippen molar-refractivity contribution in [3.05, 3.63) is 70.8 Å². The third-order valence-corrected chi connectivity index (χ3v) is 18.7. The van der Waals surface area contributed by atoms with Gasteiger partial charge in [-0.15, -0.1) is 0 Å². The van der Waals surface area contributed by atoms with Gasteiger partial charge in [0, 0.05) is 57.5 Å². The van der Waals surface area contributed by atoms with Crippen molar-refractivity contribution < 1.29 is 68.4 Å². The van der Waals surface area contributed by atoms with Crippen LogP contribution in [0.4, 0.5) is 0 Å². The van der Waals surface area contributed by atoms with E-state index in [0.29, 0.717) is 24.0 Å². The van der Waals surface area contributed by atoms with Crippen LogP contribution < -0.4 is 49.9 Å². The predicted octanol–water partition coefficient (Wildman–Crippen LogP) is -2.48. The van der Waals surface area contributed by atoms with Gasteiger partial charge in [0.25, 0.3) is 0 Å². The Morgan fingerprint density at radius 1 is 0.522 bits per heavy atom. The second kappa shape index (κ2) is 30.9. The van der Waals surface area contributed by atoms with Crippen LogP contribution in [0.1, 0.15) is 125 Å². The monoisotopic (exact) mass is 1250 g/mol. The molecule has 18 N–H and O–H groups in total. The number of benzene rings is 2. The van der Waals surface area contributed by atoms with E-state index in [1.165, 1.54) is 19.6 Å². The molecule has 2 aliphatic carbocycles. The van der Waals surface area contributed by atoms with Gasteiger partial charge in [-0.25, -0.2) is 9.59 Å². The zero-order chi connectivity index (χ0) is 64.9. The molecule has 4 unspecified atom stereocenters. The highest BCUT2D eigenvalue weighted by molar-refractivity contribution is 5.98. The van der Waals surface area contributed by atoms with Gasteiger partial charge in [0.05, 0.1) is 19.3 Å². The first kappa shape index (κ1) is 67.5. The summed E-state index contributed by atoms with van der Waals surface area (Å²) in [5.41, 5.74) is 31.0. The van der Waals surface area contributed by atoms with Gasteiger partial charge in [-0.3, -0.25) is 48.3 Å². The number of aliphatic hydroxyl groups excluding tert-OH is 2. The molecule has 29 nitrogen and oxygen atoms in total. The lowest BCUT2D eigenvalue weighted by Gasteiger charge is -2.42. The van der Waals surface area contributed by atoms with Crippen LogP contribution >= 0.6 is 0 Å². The number of aliphatic imine (C=N–C) groups is 2. The Labute approximate surface area is 521 Å². The van der Waals surface area contributed by atoms with Crippen LogP contribution in [0.5, 0.6) is 0 Å². The van der Waals surface area contributed by atoms with Crippen LogP contribution in [0.15, 0.2) is 58.5 Å². The van der Waals surface area contributed by atoms with Gasteiger partial charge >= 0.3 is 11.9 Å². The molecule has 6 aliphatic rings. The summed E-state index contributed by atoms with van der Waals surface area (Å²) in [4.78, 5) is 154. The standard InChI is InChI=1S/C61H87N15O14/c62-39(51(80)72-43(32-78)55(84)74-30-38-16-4-2-12-34(38)26-49(74)57(86)76-45-20-8-6-14-36(45)28-47(76)53(82)71-41(59(89)90)18-10-24-68-61(65)66)21-22-50(79)69-42(31-77)54(83)73-29-37-15-3-1-11-33(37)25-48(73)56(85)75-44-19-7-5-13-35(44)27-46(75)52(81)70-40(58(87)88)17-9-23-67-60(63)64/h1-4,11-12,15-16,35-36,39-49,77-78H,5-10,13-14,17-32,62H2,(H,69,79)(H,70,81)(H,71,82)(H,72,80)(H,87,88)(H,89,90)(H4,63,64,67)(H4,65,66,68)/t35?,36?,39-,40+,41+,42+,43+,44?,45?,46+,47+,48-,49-/m1/s1. The van der Waals surface area contributed by atoms with Crippen molar-refractivity contribution in [2.24, 2.45) is 50.5 Å². The van der Waals surface area contributed by atoms with E-state index in [0.717, 1.165) is 49.7 Å². The maximum atomic E-state index is 15.2. The molecule has 13 atom stereocenters. The van der Waals surface area contributed by atoms with E-state index in [1.807, 2.05) is 12.1 Å². The Morgan fingerprint density at radius 3 is 1.32 bits per heavy atom. The van der Waals surface area contributed by atoms with Crippen LogP contribution in [0.3, 0.4) is 0 Å². The molecule has 4 aliphatic heterocycles. The SMILES string of the molecule is NC(N)=NCCC[C@H](NC(=O)[C@@H]1CC2CCCCC2N1C(=O)[C@H]1Cc2ccccc2CN1C(=O)[C@H](CO)NC(=O)CC[C@@H](N)C(=O)N[C@@H](CO)C(=O)N1Cc2ccccc2C[C@@H]1C(=O)N1C2CCCCC2C[C@H]1C(=O)N[C@@H](CCCN=C(N)N)C(=O)O)C(=O)O. The molecule has 2 saturated heterocycles. The smallest absolute Gasteiger partial charge is 0.326 e. The maximum Gasteiger partial charge on any atom is 0.326 e. The molecule has 0 radical (unpaired) electrons. The van der Waals surface area contributed by atoms with Crippen LogP contribution in [0.2, 0.25) is 0 Å². The Balaban J connectivity index is 0.926. The van der Waals surface area contributed by atoms with Gasteiger partial charge in [-0.05, 0) is 105 Å². The maximum absolute atomic E-state index is 15.2. The fourth-order valence-electron chi connectivity index (χ4n) is 14.1. The van der Waals surface area contributed by atoms with Crippen LogP contribution in [-0.4, -0.2) is 204 Å². The third kappa shape index (κ3) is 16.1. The lowest BCUT2D eigenvalue weighted by molar-refractivity contribution is -0.153. The van der Waals surface area contributed by atoms with Gasteiger partial charge in [0.1, 0.15) is 48.3 Å². The molecule has 90 heavy (non-hydrogen) atoms. The van der Waals surface area contributed by atoms with E-state index in [-0.39, 0.29) is 120 Å². The second-order valence-corrected chi connectivity index (χ2v) is 24.5. The number of carbonyl (C=O) groups excluding carboxylic acids is 8.